The molecule has 7 N–H and O–H groups in total. The number of benzene rings is 1. The van der Waals surface area contributed by atoms with Crippen molar-refractivity contribution in [1.82, 2.24) is 31.3 Å². The highest BCUT2D eigenvalue weighted by atomic mass is 35.5. The molecule has 4 rings (SSSR count). The molecule has 0 spiro atoms. The number of halogens is 2. The Kier molecular flexibility index (Phi) is 6.83. The number of rotatable bonds is 6. The number of nitrogens with zero attached hydrogens (tertiary/aromatic N) is 2. The molecule has 0 saturated carbocycles. The van der Waals surface area contributed by atoms with Crippen LogP contribution < -0.4 is 27.2 Å². The van der Waals surface area contributed by atoms with Crippen molar-refractivity contribution in [3.05, 3.63) is 63.4 Å². The normalized spacial score (nSPS) is 22.6. The minimum atomic E-state index is -0.514. The quantitative estimate of drug-likeness (QED) is 0.327. The average Bonchev–Trinajstić information content (AvgIpc) is 2.94. The van der Waals surface area contributed by atoms with Crippen molar-refractivity contribution in [2.45, 2.75) is 12.3 Å². The number of carbonyl (C=O) groups is 1. The average molecular weight is 466 g/mol. The van der Waals surface area contributed by atoms with Gasteiger partial charge in [-0.2, -0.15) is 0 Å². The number of hydrogen-bond donors (Lipinski definition) is 6. The molecule has 1 aromatic carbocycles. The van der Waals surface area contributed by atoms with Gasteiger partial charge in [0.2, 0.25) is 5.91 Å². The van der Waals surface area contributed by atoms with Crippen molar-refractivity contribution < 1.29 is 9.90 Å². The number of amides is 1. The number of carbonyl (C=O) groups excluding carboxylic acids is 1. The molecule has 1 amide bonds. The van der Waals surface area contributed by atoms with E-state index in [1.165, 1.54) is 0 Å². The predicted octanol–water partition coefficient (Wildman–Crippen LogP) is 0.108. The highest BCUT2D eigenvalue weighted by Gasteiger charge is 2.34. The lowest BCUT2D eigenvalue weighted by Gasteiger charge is -2.31. The molecule has 11 heteroatoms. The maximum atomic E-state index is 12.0. The molecule has 3 aliphatic rings. The van der Waals surface area contributed by atoms with Gasteiger partial charge >= 0.3 is 0 Å². The molecule has 0 bridgehead atoms. The van der Waals surface area contributed by atoms with Gasteiger partial charge < -0.3 is 21.1 Å². The summed E-state index contributed by atoms with van der Waals surface area (Å²) in [5.41, 5.74) is 15.2. The molecule has 1 saturated heterocycles. The van der Waals surface area contributed by atoms with Crippen LogP contribution in [-0.4, -0.2) is 66.1 Å². The van der Waals surface area contributed by atoms with Crippen molar-refractivity contribution >= 4 is 34.8 Å². The van der Waals surface area contributed by atoms with Crippen LogP contribution in [0.3, 0.4) is 0 Å². The summed E-state index contributed by atoms with van der Waals surface area (Å²) < 4.78 is 0. The fraction of sp³-hybridized carbons (Fsp3) is 0.350. The van der Waals surface area contributed by atoms with Crippen LogP contribution >= 0.6 is 23.2 Å². The second-order valence-corrected chi connectivity index (χ2v) is 8.30. The van der Waals surface area contributed by atoms with E-state index in [9.17, 15) is 4.79 Å². The fourth-order valence-electron chi connectivity index (χ4n) is 3.83. The van der Waals surface area contributed by atoms with Gasteiger partial charge in [0.1, 0.15) is 6.17 Å². The Bertz CT molecular complexity index is 949. The summed E-state index contributed by atoms with van der Waals surface area (Å²) in [6.07, 6.45) is 5.24. The molecule has 9 nitrogen and oxygen atoms in total. The van der Waals surface area contributed by atoms with Crippen LogP contribution in [0, 0.1) is 0 Å². The summed E-state index contributed by atoms with van der Waals surface area (Å²) in [5, 5.41) is 16.6. The number of nitrogens with two attached hydrogens (primary N) is 1. The number of fused-ring (bicyclic) bond motifs is 1. The topological polar surface area (TPSA) is 118 Å². The number of hydrogen-bond acceptors (Lipinski definition) is 8. The standard InChI is InChI=1S/C20H25Cl2N7O2/c21-13-2-3-14(15(22)7-13)19-16(9-28-6-5-25-27-18(31)10-28)29-8-12(20(23)24-11-30)1-4-17(29)26-19/h1-4,7-8,17,20,24-26,30H,5-6,9-11,23H2,(H,27,31). The number of aliphatic hydroxyl groups excluding tert-OH is 1. The van der Waals surface area contributed by atoms with Gasteiger partial charge in [0.25, 0.3) is 0 Å². The van der Waals surface area contributed by atoms with Gasteiger partial charge in [0.05, 0.1) is 35.9 Å². The minimum absolute atomic E-state index is 0.0874. The van der Waals surface area contributed by atoms with E-state index in [1.54, 1.807) is 12.1 Å². The summed E-state index contributed by atoms with van der Waals surface area (Å²) in [5.74, 6) is -0.0874. The smallest absolute Gasteiger partial charge is 0.248 e. The third-order valence-electron chi connectivity index (χ3n) is 5.34. The van der Waals surface area contributed by atoms with E-state index < -0.39 is 6.17 Å². The lowest BCUT2D eigenvalue weighted by Crippen LogP contribution is -2.43. The van der Waals surface area contributed by atoms with E-state index in [0.717, 1.165) is 22.5 Å². The number of nitrogens with one attached hydrogen (secondary N) is 4. The van der Waals surface area contributed by atoms with Gasteiger partial charge in [0.15, 0.2) is 0 Å². The Hall–Kier alpha value is -2.11. The zero-order valence-electron chi connectivity index (χ0n) is 16.7. The summed E-state index contributed by atoms with van der Waals surface area (Å²) >= 11 is 12.6. The van der Waals surface area contributed by atoms with Crippen LogP contribution in [0.25, 0.3) is 5.70 Å². The largest absolute Gasteiger partial charge is 0.381 e. The number of hydrazine groups is 1. The van der Waals surface area contributed by atoms with E-state index in [2.05, 4.69) is 31.3 Å². The van der Waals surface area contributed by atoms with Crippen molar-refractivity contribution in [1.29, 1.82) is 0 Å². The molecule has 2 unspecified atom stereocenters. The molecule has 2 atom stereocenters. The van der Waals surface area contributed by atoms with E-state index in [-0.39, 0.29) is 25.3 Å². The highest BCUT2D eigenvalue weighted by molar-refractivity contribution is 6.35. The Balaban J connectivity index is 1.72. The number of aliphatic hydroxyl groups is 1. The zero-order chi connectivity index (χ0) is 22.0. The minimum Gasteiger partial charge on any atom is -0.381 e. The molecule has 1 aromatic rings. The molecule has 3 aliphatic heterocycles. The summed E-state index contributed by atoms with van der Waals surface area (Å²) in [4.78, 5) is 16.2. The van der Waals surface area contributed by atoms with E-state index in [1.807, 2.05) is 24.4 Å². The fourth-order valence-corrected chi connectivity index (χ4v) is 4.34. The first-order valence-electron chi connectivity index (χ1n) is 9.93. The van der Waals surface area contributed by atoms with Gasteiger partial charge in [-0.05, 0) is 29.8 Å². The van der Waals surface area contributed by atoms with Crippen LogP contribution in [0.5, 0.6) is 0 Å². The highest BCUT2D eigenvalue weighted by Crippen LogP contribution is 2.35. The first-order valence-corrected chi connectivity index (χ1v) is 10.7. The van der Waals surface area contributed by atoms with Crippen LogP contribution in [0.1, 0.15) is 5.56 Å². The third kappa shape index (κ3) is 4.88. The van der Waals surface area contributed by atoms with Crippen LogP contribution in [-0.2, 0) is 4.79 Å². The van der Waals surface area contributed by atoms with E-state index in [0.29, 0.717) is 29.7 Å². The maximum absolute atomic E-state index is 12.0. The summed E-state index contributed by atoms with van der Waals surface area (Å²) in [6, 6.07) is 5.40. The molecule has 0 radical (unpaired) electrons. The van der Waals surface area contributed by atoms with Gasteiger partial charge in [-0.15, -0.1) is 0 Å². The van der Waals surface area contributed by atoms with Gasteiger partial charge in [-0.1, -0.05) is 29.3 Å². The van der Waals surface area contributed by atoms with Crippen LogP contribution in [0.4, 0.5) is 0 Å². The molecular formula is C20H25Cl2N7O2. The van der Waals surface area contributed by atoms with Gasteiger partial charge in [0, 0.05) is 36.4 Å². The Labute approximate surface area is 190 Å². The molecule has 1 fully saturated rings. The van der Waals surface area contributed by atoms with E-state index >= 15 is 0 Å². The van der Waals surface area contributed by atoms with Crippen molar-refractivity contribution in [3.63, 3.8) is 0 Å². The second kappa shape index (κ2) is 9.58. The SMILES string of the molecule is NC(NCO)C1=CN2C(CN3CCNNC(=O)C3)=C(c3ccc(Cl)cc3Cl)NC2C=C1. The molecule has 3 heterocycles. The lowest BCUT2D eigenvalue weighted by molar-refractivity contribution is -0.122. The van der Waals surface area contributed by atoms with Gasteiger partial charge in [-0.25, -0.2) is 5.43 Å². The predicted molar refractivity (Wildman–Crippen MR) is 120 cm³/mol. The summed E-state index contributed by atoms with van der Waals surface area (Å²) in [6.45, 7) is 1.90. The molecule has 0 aromatic heterocycles. The monoisotopic (exact) mass is 465 g/mol. The summed E-state index contributed by atoms with van der Waals surface area (Å²) in [7, 11) is 0. The van der Waals surface area contributed by atoms with Crippen molar-refractivity contribution in [2.24, 2.45) is 5.73 Å². The third-order valence-corrected chi connectivity index (χ3v) is 5.89. The second-order valence-electron chi connectivity index (χ2n) is 7.46. The van der Waals surface area contributed by atoms with Crippen molar-refractivity contribution in [3.8, 4) is 0 Å². The van der Waals surface area contributed by atoms with Crippen LogP contribution in [0.15, 0.2) is 47.8 Å². The maximum Gasteiger partial charge on any atom is 0.248 e. The Morgan fingerprint density at radius 3 is 2.97 bits per heavy atom. The molecule has 166 valence electrons. The zero-order valence-corrected chi connectivity index (χ0v) is 18.2. The van der Waals surface area contributed by atoms with Gasteiger partial charge in [-0.3, -0.25) is 20.4 Å². The lowest BCUT2D eigenvalue weighted by atomic mass is 10.1. The first kappa shape index (κ1) is 22.1. The Morgan fingerprint density at radius 1 is 1.35 bits per heavy atom. The van der Waals surface area contributed by atoms with E-state index in [4.69, 9.17) is 34.0 Å². The molecule has 0 aliphatic carbocycles. The molecule has 31 heavy (non-hydrogen) atoms. The first-order chi connectivity index (χ1) is 15.0. The Morgan fingerprint density at radius 2 is 2.19 bits per heavy atom. The van der Waals surface area contributed by atoms with Crippen LogP contribution in [0.2, 0.25) is 10.0 Å². The van der Waals surface area contributed by atoms with Crippen molar-refractivity contribution in [2.75, 3.05) is 32.9 Å². The molecular weight excluding hydrogens is 441 g/mol.